The molecule has 0 aromatic heterocycles. The third-order valence-electron chi connectivity index (χ3n) is 4.24. The monoisotopic (exact) mass is 314 g/mol. The number of anilines is 1. The summed E-state index contributed by atoms with van der Waals surface area (Å²) in [4.78, 5) is 12.1. The lowest BCUT2D eigenvalue weighted by Crippen LogP contribution is -2.33. The third kappa shape index (κ3) is 3.24. The van der Waals surface area contributed by atoms with Gasteiger partial charge in [0.15, 0.2) is 0 Å². The topological polar surface area (TPSA) is 89.3 Å². The van der Waals surface area contributed by atoms with E-state index in [-0.39, 0.29) is 16.5 Å². The van der Waals surface area contributed by atoms with Crippen molar-refractivity contribution in [1.82, 2.24) is 0 Å². The van der Waals surface area contributed by atoms with Gasteiger partial charge >= 0.3 is 0 Å². The van der Waals surface area contributed by atoms with Crippen LogP contribution in [-0.4, -0.2) is 14.3 Å². The number of carbonyl (C=O) groups excluding carboxylic acids is 1. The average molecular weight is 314 g/mol. The molecule has 2 rings (SSSR count). The fourth-order valence-electron chi connectivity index (χ4n) is 2.82. The highest BCUT2D eigenvalue weighted by Crippen LogP contribution is 2.42. The molecule has 1 aromatic carbocycles. The lowest BCUT2D eigenvalue weighted by atomic mass is 9.82. The number of halogens is 1. The van der Waals surface area contributed by atoms with Crippen molar-refractivity contribution in [3.63, 3.8) is 0 Å². The van der Waals surface area contributed by atoms with Crippen LogP contribution in [0.4, 0.5) is 10.1 Å². The predicted molar refractivity (Wildman–Crippen MR) is 77.6 cm³/mol. The van der Waals surface area contributed by atoms with E-state index in [1.807, 2.05) is 6.92 Å². The van der Waals surface area contributed by atoms with Gasteiger partial charge < -0.3 is 5.32 Å². The molecule has 116 valence electrons. The van der Waals surface area contributed by atoms with E-state index < -0.39 is 21.3 Å². The molecule has 7 heteroatoms. The Kier molecular flexibility index (Phi) is 4.34. The second-order valence-corrected chi connectivity index (χ2v) is 7.04. The molecule has 1 fully saturated rings. The summed E-state index contributed by atoms with van der Waals surface area (Å²) in [7, 11) is -3.96. The first-order valence-corrected chi connectivity index (χ1v) is 8.47. The number of primary sulfonamides is 1. The zero-order chi connectivity index (χ0) is 15.7. The maximum atomic E-state index is 13.9. The van der Waals surface area contributed by atoms with Crippen LogP contribution in [0.2, 0.25) is 0 Å². The molecule has 1 saturated carbocycles. The van der Waals surface area contributed by atoms with Crippen LogP contribution in [0.5, 0.6) is 0 Å². The Morgan fingerprint density at radius 1 is 1.38 bits per heavy atom. The van der Waals surface area contributed by atoms with Crippen molar-refractivity contribution in [2.75, 3.05) is 5.32 Å². The fraction of sp³-hybridized carbons (Fsp3) is 0.500. The van der Waals surface area contributed by atoms with Crippen molar-refractivity contribution in [2.24, 2.45) is 10.6 Å². The van der Waals surface area contributed by atoms with E-state index in [1.54, 1.807) is 0 Å². The molecule has 0 radical (unpaired) electrons. The Hall–Kier alpha value is -1.47. The van der Waals surface area contributed by atoms with Crippen LogP contribution in [0.3, 0.4) is 0 Å². The SMILES string of the molecule is CCC1(C(=O)Nc2ccc(S(N)(=O)=O)cc2F)CCCC1. The summed E-state index contributed by atoms with van der Waals surface area (Å²) in [6.45, 7) is 1.95. The van der Waals surface area contributed by atoms with Crippen LogP contribution in [0.25, 0.3) is 0 Å². The Morgan fingerprint density at radius 3 is 2.48 bits per heavy atom. The van der Waals surface area contributed by atoms with E-state index in [9.17, 15) is 17.6 Å². The van der Waals surface area contributed by atoms with Gasteiger partial charge in [0.25, 0.3) is 0 Å². The summed E-state index contributed by atoms with van der Waals surface area (Å²) in [6.07, 6.45) is 4.29. The van der Waals surface area contributed by atoms with Gasteiger partial charge in [-0.1, -0.05) is 19.8 Å². The van der Waals surface area contributed by atoms with Crippen molar-refractivity contribution in [1.29, 1.82) is 0 Å². The highest BCUT2D eigenvalue weighted by Gasteiger charge is 2.39. The van der Waals surface area contributed by atoms with Crippen molar-refractivity contribution >= 4 is 21.6 Å². The largest absolute Gasteiger partial charge is 0.323 e. The van der Waals surface area contributed by atoms with Gasteiger partial charge in [-0.15, -0.1) is 0 Å². The predicted octanol–water partition coefficient (Wildman–Crippen LogP) is 2.38. The second-order valence-electron chi connectivity index (χ2n) is 5.48. The minimum atomic E-state index is -3.96. The Balaban J connectivity index is 2.22. The van der Waals surface area contributed by atoms with E-state index in [2.05, 4.69) is 5.32 Å². The molecule has 0 spiro atoms. The third-order valence-corrected chi connectivity index (χ3v) is 5.15. The maximum absolute atomic E-state index is 13.9. The Bertz CT molecular complexity index is 652. The molecular formula is C14H19FN2O3S. The van der Waals surface area contributed by atoms with Gasteiger partial charge in [-0.3, -0.25) is 4.79 Å². The van der Waals surface area contributed by atoms with E-state index >= 15 is 0 Å². The average Bonchev–Trinajstić information content (AvgIpc) is 2.90. The second kappa shape index (κ2) is 5.73. The van der Waals surface area contributed by atoms with Gasteiger partial charge in [0, 0.05) is 5.41 Å². The minimum absolute atomic E-state index is 0.0212. The summed E-state index contributed by atoms with van der Waals surface area (Å²) in [5.74, 6) is -1.01. The summed E-state index contributed by atoms with van der Waals surface area (Å²) in [6, 6.07) is 3.23. The van der Waals surface area contributed by atoms with Crippen LogP contribution in [0.15, 0.2) is 23.1 Å². The number of hydrogen-bond donors (Lipinski definition) is 2. The molecule has 1 aliphatic rings. The number of carbonyl (C=O) groups is 1. The number of nitrogens with two attached hydrogens (primary N) is 1. The highest BCUT2D eigenvalue weighted by molar-refractivity contribution is 7.89. The summed E-state index contributed by atoms with van der Waals surface area (Å²) in [5, 5.41) is 7.51. The number of rotatable bonds is 4. The van der Waals surface area contributed by atoms with Gasteiger partial charge in [0.1, 0.15) is 5.82 Å². The molecule has 1 aromatic rings. The number of benzene rings is 1. The molecule has 0 aliphatic heterocycles. The van der Waals surface area contributed by atoms with Gasteiger partial charge in [-0.05, 0) is 37.5 Å². The first-order valence-electron chi connectivity index (χ1n) is 6.92. The zero-order valence-electron chi connectivity index (χ0n) is 11.9. The van der Waals surface area contributed by atoms with Crippen LogP contribution in [0, 0.1) is 11.2 Å². The summed E-state index contributed by atoms with van der Waals surface area (Å²) in [5.41, 5.74) is -0.461. The number of sulfonamides is 1. The lowest BCUT2D eigenvalue weighted by molar-refractivity contribution is -0.125. The zero-order valence-corrected chi connectivity index (χ0v) is 12.7. The molecule has 0 atom stereocenters. The smallest absolute Gasteiger partial charge is 0.238 e. The molecule has 3 N–H and O–H groups in total. The molecule has 0 saturated heterocycles. The van der Waals surface area contributed by atoms with E-state index in [4.69, 9.17) is 5.14 Å². The van der Waals surface area contributed by atoms with Gasteiger partial charge in [0.05, 0.1) is 10.6 Å². The fourth-order valence-corrected chi connectivity index (χ4v) is 3.35. The van der Waals surface area contributed by atoms with Gasteiger partial charge in [-0.2, -0.15) is 0 Å². The first-order chi connectivity index (χ1) is 9.78. The first kappa shape index (κ1) is 15.9. The molecule has 21 heavy (non-hydrogen) atoms. The van der Waals surface area contributed by atoms with Crippen LogP contribution < -0.4 is 10.5 Å². The normalized spacial score (nSPS) is 17.7. The number of hydrogen-bond acceptors (Lipinski definition) is 3. The lowest BCUT2D eigenvalue weighted by Gasteiger charge is -2.26. The molecule has 0 heterocycles. The summed E-state index contributed by atoms with van der Waals surface area (Å²) < 4.78 is 36.2. The standard InChI is InChI=1S/C14H19FN2O3S/c1-2-14(7-3-4-8-14)13(18)17-12-6-5-10(9-11(12)15)21(16,19)20/h5-6,9H,2-4,7-8H2,1H3,(H,17,18)(H2,16,19,20). The van der Waals surface area contributed by atoms with Crippen molar-refractivity contribution in [3.05, 3.63) is 24.0 Å². The maximum Gasteiger partial charge on any atom is 0.238 e. The molecule has 0 bridgehead atoms. The van der Waals surface area contributed by atoms with E-state index in [1.165, 1.54) is 12.1 Å². The van der Waals surface area contributed by atoms with Crippen molar-refractivity contribution < 1.29 is 17.6 Å². The summed E-state index contributed by atoms with van der Waals surface area (Å²) >= 11 is 0. The van der Waals surface area contributed by atoms with Gasteiger partial charge in [-0.25, -0.2) is 17.9 Å². The Labute approximate surface area is 123 Å². The molecular weight excluding hydrogens is 295 g/mol. The molecule has 1 aliphatic carbocycles. The Morgan fingerprint density at radius 2 is 2.00 bits per heavy atom. The van der Waals surface area contributed by atoms with Crippen LogP contribution in [-0.2, 0) is 14.8 Å². The van der Waals surface area contributed by atoms with Crippen molar-refractivity contribution in [3.8, 4) is 0 Å². The quantitative estimate of drug-likeness (QED) is 0.894. The van der Waals surface area contributed by atoms with Gasteiger partial charge in [0.2, 0.25) is 15.9 Å². The molecule has 5 nitrogen and oxygen atoms in total. The highest BCUT2D eigenvalue weighted by atomic mass is 32.2. The van der Waals surface area contributed by atoms with Crippen LogP contribution >= 0.6 is 0 Å². The van der Waals surface area contributed by atoms with E-state index in [0.717, 1.165) is 31.7 Å². The number of nitrogens with one attached hydrogen (secondary N) is 1. The van der Waals surface area contributed by atoms with E-state index in [0.29, 0.717) is 6.42 Å². The van der Waals surface area contributed by atoms with Crippen molar-refractivity contribution in [2.45, 2.75) is 43.9 Å². The number of amides is 1. The molecule has 0 unspecified atom stereocenters. The van der Waals surface area contributed by atoms with Crippen LogP contribution in [0.1, 0.15) is 39.0 Å². The minimum Gasteiger partial charge on any atom is -0.323 e. The molecule has 1 amide bonds.